The van der Waals surface area contributed by atoms with Gasteiger partial charge in [0.2, 0.25) is 5.95 Å². The van der Waals surface area contributed by atoms with Crippen molar-refractivity contribution in [2.24, 2.45) is 5.10 Å². The Morgan fingerprint density at radius 1 is 1.22 bits per heavy atom. The average Bonchev–Trinajstić information content (AvgIpc) is 3.28. The first-order valence-corrected chi connectivity index (χ1v) is 8.26. The van der Waals surface area contributed by atoms with Gasteiger partial charge in [-0.2, -0.15) is 5.10 Å². The van der Waals surface area contributed by atoms with Gasteiger partial charge in [-0.3, -0.25) is 10.1 Å². The van der Waals surface area contributed by atoms with Gasteiger partial charge in [0.15, 0.2) is 0 Å². The third-order valence-corrected chi connectivity index (χ3v) is 4.13. The number of hydrazone groups is 1. The second-order valence-electron chi connectivity index (χ2n) is 5.60. The zero-order valence-electron chi connectivity index (χ0n) is 13.7. The lowest BCUT2D eigenvalue weighted by atomic mass is 10.1. The van der Waals surface area contributed by atoms with Crippen molar-refractivity contribution in [3.05, 3.63) is 75.5 Å². The summed E-state index contributed by atoms with van der Waals surface area (Å²) in [6.07, 6.45) is 1.47. The number of nitro benzene ring substituents is 1. The van der Waals surface area contributed by atoms with E-state index in [1.165, 1.54) is 24.4 Å². The summed E-state index contributed by atoms with van der Waals surface area (Å²) in [5.41, 5.74) is 4.90. The van der Waals surface area contributed by atoms with E-state index in [1.807, 2.05) is 24.3 Å². The molecule has 9 heteroatoms. The van der Waals surface area contributed by atoms with Crippen LogP contribution in [-0.2, 0) is 0 Å². The minimum Gasteiger partial charge on any atom is -0.455 e. The number of anilines is 1. The topological polar surface area (TPSA) is 109 Å². The Kier molecular flexibility index (Phi) is 4.31. The van der Waals surface area contributed by atoms with Crippen LogP contribution in [0.3, 0.4) is 0 Å². The summed E-state index contributed by atoms with van der Waals surface area (Å²) in [7, 11) is 0. The molecule has 0 saturated heterocycles. The smallest absolute Gasteiger partial charge is 0.270 e. The molecule has 0 saturated carbocycles. The molecule has 27 heavy (non-hydrogen) atoms. The summed E-state index contributed by atoms with van der Waals surface area (Å²) in [6, 6.07) is 15.2. The molecule has 134 valence electrons. The van der Waals surface area contributed by atoms with Gasteiger partial charge in [-0.25, -0.2) is 10.4 Å². The molecule has 2 N–H and O–H groups in total. The quantitative estimate of drug-likeness (QED) is 0.292. The van der Waals surface area contributed by atoms with Crippen LogP contribution in [0.4, 0.5) is 11.6 Å². The molecule has 0 aliphatic carbocycles. The minimum absolute atomic E-state index is 0.0624. The van der Waals surface area contributed by atoms with Gasteiger partial charge in [-0.15, -0.1) is 0 Å². The molecule has 0 aliphatic rings. The molecular formula is C18H12ClN5O3. The second-order valence-corrected chi connectivity index (χ2v) is 6.00. The number of aromatic nitrogens is 2. The number of non-ortho nitro benzene ring substituents is 1. The average molecular weight is 382 g/mol. The van der Waals surface area contributed by atoms with Crippen LogP contribution in [0.1, 0.15) is 5.76 Å². The fourth-order valence-corrected chi connectivity index (χ4v) is 2.76. The number of rotatable bonds is 5. The zero-order chi connectivity index (χ0) is 18.8. The standard InChI is InChI=1S/C18H12ClN5O3/c19-14-7-5-11(24(25)26)9-13(14)17-8-6-12(27-17)10-20-23-18-21-15-3-1-2-4-16(15)22-18/h1-10H,(H2,21,22,23)/b20-10+. The van der Waals surface area contributed by atoms with Gasteiger partial charge in [-0.1, -0.05) is 23.7 Å². The number of nitrogens with one attached hydrogen (secondary N) is 2. The predicted molar refractivity (Wildman–Crippen MR) is 103 cm³/mol. The SMILES string of the molecule is O=[N+]([O-])c1ccc(Cl)c(-c2ccc(/C=N/Nc3nc4ccccc4[nH]3)o2)c1. The summed E-state index contributed by atoms with van der Waals surface area (Å²) in [4.78, 5) is 17.9. The van der Waals surface area contributed by atoms with Crippen molar-refractivity contribution in [3.8, 4) is 11.3 Å². The number of fused-ring (bicyclic) bond motifs is 1. The van der Waals surface area contributed by atoms with E-state index in [2.05, 4.69) is 20.5 Å². The highest BCUT2D eigenvalue weighted by molar-refractivity contribution is 6.33. The van der Waals surface area contributed by atoms with Crippen molar-refractivity contribution < 1.29 is 9.34 Å². The third kappa shape index (κ3) is 3.51. The lowest BCUT2D eigenvalue weighted by Crippen LogP contribution is -1.91. The third-order valence-electron chi connectivity index (χ3n) is 3.80. The summed E-state index contributed by atoms with van der Waals surface area (Å²) in [6.45, 7) is 0. The van der Waals surface area contributed by atoms with E-state index < -0.39 is 4.92 Å². The molecule has 0 bridgehead atoms. The normalized spacial score (nSPS) is 11.3. The molecular weight excluding hydrogens is 370 g/mol. The van der Waals surface area contributed by atoms with Crippen molar-refractivity contribution in [1.82, 2.24) is 9.97 Å². The summed E-state index contributed by atoms with van der Waals surface area (Å²) in [5.74, 6) is 1.37. The number of halogens is 1. The summed E-state index contributed by atoms with van der Waals surface area (Å²) >= 11 is 6.13. The summed E-state index contributed by atoms with van der Waals surface area (Å²) < 4.78 is 5.66. The maximum Gasteiger partial charge on any atom is 0.270 e. The summed E-state index contributed by atoms with van der Waals surface area (Å²) in [5, 5.41) is 15.4. The molecule has 0 atom stereocenters. The highest BCUT2D eigenvalue weighted by Crippen LogP contribution is 2.32. The monoisotopic (exact) mass is 381 g/mol. The number of para-hydroxylation sites is 2. The molecule has 2 heterocycles. The molecule has 0 radical (unpaired) electrons. The lowest BCUT2D eigenvalue weighted by Gasteiger charge is -2.00. The van der Waals surface area contributed by atoms with Crippen LogP contribution in [0.2, 0.25) is 5.02 Å². The van der Waals surface area contributed by atoms with Gasteiger partial charge in [-0.05, 0) is 30.3 Å². The first kappa shape index (κ1) is 16.8. The van der Waals surface area contributed by atoms with Crippen molar-refractivity contribution in [2.75, 3.05) is 5.43 Å². The fraction of sp³-hybridized carbons (Fsp3) is 0. The Morgan fingerprint density at radius 2 is 2.07 bits per heavy atom. The molecule has 0 unspecified atom stereocenters. The Balaban J connectivity index is 1.52. The molecule has 2 aromatic carbocycles. The number of benzene rings is 2. The van der Waals surface area contributed by atoms with E-state index in [1.54, 1.807) is 12.1 Å². The van der Waals surface area contributed by atoms with Gasteiger partial charge in [0.05, 0.1) is 27.2 Å². The molecule has 0 fully saturated rings. The van der Waals surface area contributed by atoms with E-state index in [0.717, 1.165) is 11.0 Å². The van der Waals surface area contributed by atoms with Crippen molar-refractivity contribution in [3.63, 3.8) is 0 Å². The van der Waals surface area contributed by atoms with Crippen molar-refractivity contribution >= 4 is 40.5 Å². The van der Waals surface area contributed by atoms with Gasteiger partial charge < -0.3 is 9.40 Å². The van der Waals surface area contributed by atoms with Crippen LogP contribution >= 0.6 is 11.6 Å². The molecule has 0 spiro atoms. The van der Waals surface area contributed by atoms with E-state index in [-0.39, 0.29) is 5.69 Å². The number of aromatic amines is 1. The number of furan rings is 1. The molecule has 0 aliphatic heterocycles. The second kappa shape index (κ2) is 6.93. The minimum atomic E-state index is -0.484. The van der Waals surface area contributed by atoms with E-state index >= 15 is 0 Å². The molecule has 2 aromatic heterocycles. The number of imidazole rings is 1. The van der Waals surface area contributed by atoms with E-state index in [4.69, 9.17) is 16.0 Å². The Bertz CT molecular complexity index is 1130. The Morgan fingerprint density at radius 3 is 2.89 bits per heavy atom. The van der Waals surface area contributed by atoms with E-state index in [9.17, 15) is 10.1 Å². The number of hydrogen-bond donors (Lipinski definition) is 2. The van der Waals surface area contributed by atoms with Crippen LogP contribution in [0.25, 0.3) is 22.4 Å². The molecule has 4 aromatic rings. The van der Waals surface area contributed by atoms with Crippen LogP contribution in [0.5, 0.6) is 0 Å². The van der Waals surface area contributed by atoms with Gasteiger partial charge in [0, 0.05) is 17.7 Å². The van der Waals surface area contributed by atoms with Gasteiger partial charge in [0.25, 0.3) is 5.69 Å². The molecule has 0 amide bonds. The lowest BCUT2D eigenvalue weighted by molar-refractivity contribution is -0.384. The molecule has 8 nitrogen and oxygen atoms in total. The maximum atomic E-state index is 10.9. The van der Waals surface area contributed by atoms with Gasteiger partial charge >= 0.3 is 0 Å². The highest BCUT2D eigenvalue weighted by Gasteiger charge is 2.14. The first-order chi connectivity index (χ1) is 13.1. The van der Waals surface area contributed by atoms with Crippen LogP contribution in [0, 0.1) is 10.1 Å². The van der Waals surface area contributed by atoms with Crippen LogP contribution < -0.4 is 5.43 Å². The van der Waals surface area contributed by atoms with Crippen LogP contribution in [-0.4, -0.2) is 21.1 Å². The zero-order valence-corrected chi connectivity index (χ0v) is 14.5. The Hall–Kier alpha value is -3.65. The fourth-order valence-electron chi connectivity index (χ4n) is 2.55. The van der Waals surface area contributed by atoms with E-state index in [0.29, 0.717) is 28.1 Å². The number of hydrogen-bond acceptors (Lipinski definition) is 6. The number of nitro groups is 1. The Labute approximate surface area is 157 Å². The molecule has 4 rings (SSSR count). The predicted octanol–water partition coefficient (Wildman–Crippen LogP) is 4.83. The van der Waals surface area contributed by atoms with Gasteiger partial charge in [0.1, 0.15) is 11.5 Å². The van der Waals surface area contributed by atoms with Crippen molar-refractivity contribution in [2.45, 2.75) is 0 Å². The number of nitrogens with zero attached hydrogens (tertiary/aromatic N) is 3. The van der Waals surface area contributed by atoms with Crippen molar-refractivity contribution in [1.29, 1.82) is 0 Å². The van der Waals surface area contributed by atoms with Crippen LogP contribution in [0.15, 0.2) is 64.1 Å². The number of H-pyrrole nitrogens is 1. The first-order valence-electron chi connectivity index (χ1n) is 7.88. The largest absolute Gasteiger partial charge is 0.455 e. The highest BCUT2D eigenvalue weighted by atomic mass is 35.5. The maximum absolute atomic E-state index is 10.9.